The highest BCUT2D eigenvalue weighted by molar-refractivity contribution is 8.00. The van der Waals surface area contributed by atoms with Gasteiger partial charge in [-0.2, -0.15) is 11.8 Å². The lowest BCUT2D eigenvalue weighted by atomic mass is 10.1. The molecule has 2 fully saturated rings. The minimum absolute atomic E-state index is 0.132. The Morgan fingerprint density at radius 2 is 2.00 bits per heavy atom. The fourth-order valence-corrected chi connectivity index (χ4v) is 3.67. The van der Waals surface area contributed by atoms with Crippen molar-refractivity contribution in [2.24, 2.45) is 5.92 Å². The lowest BCUT2D eigenvalue weighted by molar-refractivity contribution is -0.135. The molecule has 0 saturated carbocycles. The van der Waals surface area contributed by atoms with Gasteiger partial charge in [0.25, 0.3) is 0 Å². The first kappa shape index (κ1) is 11.3. The third-order valence-corrected chi connectivity index (χ3v) is 4.24. The van der Waals surface area contributed by atoms with Crippen molar-refractivity contribution in [2.75, 3.05) is 26.3 Å². The molecular weight excluding hydrogens is 210 g/mol. The van der Waals surface area contributed by atoms with Crippen molar-refractivity contribution >= 4 is 17.7 Å². The maximum Gasteiger partial charge on any atom is 0.228 e. The van der Waals surface area contributed by atoms with Gasteiger partial charge in [-0.05, 0) is 6.42 Å². The van der Waals surface area contributed by atoms with Gasteiger partial charge in [0.2, 0.25) is 5.91 Å². The largest absolute Gasteiger partial charge is 0.381 e. The molecule has 2 aliphatic rings. The van der Waals surface area contributed by atoms with Crippen LogP contribution in [0.2, 0.25) is 0 Å². The summed E-state index contributed by atoms with van der Waals surface area (Å²) in [7, 11) is 0. The van der Waals surface area contributed by atoms with Crippen molar-refractivity contribution in [1.29, 1.82) is 0 Å². The van der Waals surface area contributed by atoms with Gasteiger partial charge in [0, 0.05) is 30.2 Å². The normalized spacial score (nSPS) is 36.9. The summed E-state index contributed by atoms with van der Waals surface area (Å²) in [6.45, 7) is 7.60. The highest BCUT2D eigenvalue weighted by atomic mass is 32.2. The van der Waals surface area contributed by atoms with Crippen molar-refractivity contribution in [1.82, 2.24) is 4.90 Å². The molecule has 2 aliphatic heterocycles. The maximum atomic E-state index is 12.1. The summed E-state index contributed by atoms with van der Waals surface area (Å²) < 4.78 is 5.27. The highest BCUT2D eigenvalue weighted by Crippen LogP contribution is 2.26. The smallest absolute Gasteiger partial charge is 0.228 e. The van der Waals surface area contributed by atoms with Gasteiger partial charge in [0.1, 0.15) is 0 Å². The Bertz CT molecular complexity index is 231. The summed E-state index contributed by atoms with van der Waals surface area (Å²) in [6, 6.07) is 0. The second-order valence-corrected chi connectivity index (χ2v) is 6.44. The number of amides is 1. The van der Waals surface area contributed by atoms with Gasteiger partial charge >= 0.3 is 0 Å². The number of carbonyl (C=O) groups is 1. The van der Waals surface area contributed by atoms with Crippen molar-refractivity contribution in [3.63, 3.8) is 0 Å². The zero-order valence-electron chi connectivity index (χ0n) is 9.44. The Morgan fingerprint density at radius 3 is 2.53 bits per heavy atom. The molecule has 3 atom stereocenters. The van der Waals surface area contributed by atoms with Crippen LogP contribution in [0.3, 0.4) is 0 Å². The van der Waals surface area contributed by atoms with E-state index in [1.54, 1.807) is 0 Å². The Kier molecular flexibility index (Phi) is 3.57. The minimum Gasteiger partial charge on any atom is -0.381 e. The lowest BCUT2D eigenvalue weighted by Gasteiger charge is -2.35. The molecule has 0 N–H and O–H groups in total. The topological polar surface area (TPSA) is 29.5 Å². The van der Waals surface area contributed by atoms with Gasteiger partial charge in [-0.3, -0.25) is 4.79 Å². The molecule has 1 amide bonds. The molecule has 0 bridgehead atoms. The molecule has 2 saturated heterocycles. The predicted octanol–water partition coefficient (Wildman–Crippen LogP) is 1.38. The number of hydrogen-bond acceptors (Lipinski definition) is 3. The van der Waals surface area contributed by atoms with E-state index in [0.717, 1.165) is 26.1 Å². The first-order valence-electron chi connectivity index (χ1n) is 5.69. The molecular formula is C11H19NO2S. The minimum atomic E-state index is 0.132. The molecule has 0 aliphatic carbocycles. The Balaban J connectivity index is 1.93. The van der Waals surface area contributed by atoms with E-state index < -0.39 is 0 Å². The Labute approximate surface area is 95.5 Å². The number of nitrogens with zero attached hydrogens (tertiary/aromatic N) is 1. The number of hydrogen-bond donors (Lipinski definition) is 0. The summed E-state index contributed by atoms with van der Waals surface area (Å²) >= 11 is 1.98. The zero-order chi connectivity index (χ0) is 10.8. The molecule has 0 radical (unpaired) electrons. The van der Waals surface area contributed by atoms with E-state index in [0.29, 0.717) is 23.0 Å². The van der Waals surface area contributed by atoms with E-state index in [-0.39, 0.29) is 5.92 Å². The second kappa shape index (κ2) is 4.74. The van der Waals surface area contributed by atoms with E-state index in [2.05, 4.69) is 13.8 Å². The van der Waals surface area contributed by atoms with Gasteiger partial charge in [0.15, 0.2) is 0 Å². The van der Waals surface area contributed by atoms with Gasteiger partial charge in [-0.15, -0.1) is 0 Å². The fraction of sp³-hybridized carbons (Fsp3) is 0.909. The van der Waals surface area contributed by atoms with Gasteiger partial charge in [0.05, 0.1) is 12.5 Å². The fourth-order valence-electron chi connectivity index (χ4n) is 2.35. The summed E-state index contributed by atoms with van der Waals surface area (Å²) in [6.07, 6.45) is 0.908. The molecule has 3 unspecified atom stereocenters. The van der Waals surface area contributed by atoms with Crippen LogP contribution in [0.5, 0.6) is 0 Å². The van der Waals surface area contributed by atoms with Crippen molar-refractivity contribution < 1.29 is 9.53 Å². The Morgan fingerprint density at radius 1 is 1.33 bits per heavy atom. The van der Waals surface area contributed by atoms with Crippen molar-refractivity contribution in [3.05, 3.63) is 0 Å². The van der Waals surface area contributed by atoms with Crippen LogP contribution in [0.15, 0.2) is 0 Å². The molecule has 0 aromatic heterocycles. The molecule has 2 heterocycles. The maximum absolute atomic E-state index is 12.1. The lowest BCUT2D eigenvalue weighted by Crippen LogP contribution is -2.46. The summed E-state index contributed by atoms with van der Waals surface area (Å²) in [5, 5.41) is 1.14. The van der Waals surface area contributed by atoms with Crippen molar-refractivity contribution in [3.8, 4) is 0 Å². The van der Waals surface area contributed by atoms with Crippen LogP contribution in [0, 0.1) is 5.92 Å². The molecule has 86 valence electrons. The van der Waals surface area contributed by atoms with E-state index in [9.17, 15) is 4.79 Å². The molecule has 0 aromatic rings. The SMILES string of the molecule is CC1CN(C(=O)C2CCOC2)CC(C)S1. The quantitative estimate of drug-likeness (QED) is 0.680. The van der Waals surface area contributed by atoms with Crippen LogP contribution in [-0.2, 0) is 9.53 Å². The molecule has 0 spiro atoms. The van der Waals surface area contributed by atoms with Crippen LogP contribution in [0.4, 0.5) is 0 Å². The third kappa shape index (κ3) is 2.67. The van der Waals surface area contributed by atoms with Crippen molar-refractivity contribution in [2.45, 2.75) is 30.8 Å². The van der Waals surface area contributed by atoms with Gasteiger partial charge < -0.3 is 9.64 Å². The number of rotatable bonds is 1. The summed E-state index contributed by atoms with van der Waals surface area (Å²) in [4.78, 5) is 14.2. The summed E-state index contributed by atoms with van der Waals surface area (Å²) in [5.41, 5.74) is 0. The number of thioether (sulfide) groups is 1. The number of ether oxygens (including phenoxy) is 1. The standard InChI is InChI=1S/C11H19NO2S/c1-8-5-12(6-9(2)15-8)11(13)10-3-4-14-7-10/h8-10H,3-7H2,1-2H3. The average Bonchev–Trinajstić information content (AvgIpc) is 2.67. The van der Waals surface area contributed by atoms with Crippen LogP contribution < -0.4 is 0 Å². The van der Waals surface area contributed by atoms with E-state index in [1.807, 2.05) is 16.7 Å². The predicted molar refractivity (Wildman–Crippen MR) is 62.0 cm³/mol. The van der Waals surface area contributed by atoms with Crippen LogP contribution >= 0.6 is 11.8 Å². The van der Waals surface area contributed by atoms with Crippen LogP contribution in [-0.4, -0.2) is 47.6 Å². The zero-order valence-corrected chi connectivity index (χ0v) is 10.3. The molecule has 15 heavy (non-hydrogen) atoms. The molecule has 3 nitrogen and oxygen atoms in total. The average molecular weight is 229 g/mol. The Hall–Kier alpha value is -0.220. The first-order valence-corrected chi connectivity index (χ1v) is 6.63. The first-order chi connectivity index (χ1) is 7.16. The number of carbonyl (C=O) groups excluding carboxylic acids is 1. The molecule has 2 rings (SSSR count). The van der Waals surface area contributed by atoms with Gasteiger partial charge in [-0.25, -0.2) is 0 Å². The second-order valence-electron chi connectivity index (χ2n) is 4.56. The monoisotopic (exact) mass is 229 g/mol. The van der Waals surface area contributed by atoms with E-state index >= 15 is 0 Å². The van der Waals surface area contributed by atoms with Gasteiger partial charge in [-0.1, -0.05) is 13.8 Å². The highest BCUT2D eigenvalue weighted by Gasteiger charge is 2.32. The third-order valence-electron chi connectivity index (χ3n) is 3.01. The summed E-state index contributed by atoms with van der Waals surface area (Å²) in [5.74, 6) is 0.444. The van der Waals surface area contributed by atoms with E-state index in [4.69, 9.17) is 4.74 Å². The van der Waals surface area contributed by atoms with Crippen LogP contribution in [0.25, 0.3) is 0 Å². The van der Waals surface area contributed by atoms with Crippen LogP contribution in [0.1, 0.15) is 20.3 Å². The van der Waals surface area contributed by atoms with E-state index in [1.165, 1.54) is 0 Å². The molecule has 0 aromatic carbocycles. The molecule has 4 heteroatoms.